The van der Waals surface area contributed by atoms with E-state index in [1.165, 1.54) is 0 Å². The summed E-state index contributed by atoms with van der Waals surface area (Å²) < 4.78 is 5.21. The third kappa shape index (κ3) is 9.28. The zero-order valence-corrected chi connectivity index (χ0v) is 14.4. The van der Waals surface area contributed by atoms with Crippen LogP contribution in [-0.4, -0.2) is 43.8 Å². The molecule has 0 aliphatic heterocycles. The second-order valence-electron chi connectivity index (χ2n) is 6.63. The summed E-state index contributed by atoms with van der Waals surface area (Å²) in [6.45, 7) is 12.7. The van der Waals surface area contributed by atoms with Crippen molar-refractivity contribution >= 4 is 12.0 Å². The molecule has 0 saturated heterocycles. The Morgan fingerprint density at radius 2 is 1.67 bits per heavy atom. The molecule has 3 N–H and O–H groups in total. The molecule has 0 heterocycles. The number of alkyl carbamates (subject to hydrolysis) is 1. The molecule has 0 rings (SSSR count). The Morgan fingerprint density at radius 3 is 2.10 bits per heavy atom. The molecular weight excluding hydrogens is 270 g/mol. The van der Waals surface area contributed by atoms with Crippen molar-refractivity contribution in [3.05, 3.63) is 0 Å². The maximum Gasteiger partial charge on any atom is 0.407 e. The Bertz CT molecular complexity index is 338. The summed E-state index contributed by atoms with van der Waals surface area (Å²) in [5.74, 6) is 0.562. The van der Waals surface area contributed by atoms with Crippen LogP contribution in [0.15, 0.2) is 0 Å². The van der Waals surface area contributed by atoms with E-state index in [-0.39, 0.29) is 17.9 Å². The monoisotopic (exact) mass is 301 g/mol. The van der Waals surface area contributed by atoms with E-state index in [9.17, 15) is 9.59 Å². The predicted molar refractivity (Wildman–Crippen MR) is 84.1 cm³/mol. The fourth-order valence-corrected chi connectivity index (χ4v) is 1.71. The van der Waals surface area contributed by atoms with Crippen LogP contribution < -0.4 is 16.0 Å². The Hall–Kier alpha value is -1.30. The van der Waals surface area contributed by atoms with Gasteiger partial charge in [-0.05, 0) is 39.5 Å². The molecule has 6 heteroatoms. The Labute approximate surface area is 128 Å². The number of rotatable bonds is 7. The maximum absolute atomic E-state index is 11.7. The van der Waals surface area contributed by atoms with E-state index in [1.54, 1.807) is 7.05 Å². The minimum absolute atomic E-state index is 0.0439. The van der Waals surface area contributed by atoms with Crippen molar-refractivity contribution in [3.8, 4) is 0 Å². The Kier molecular flexibility index (Phi) is 8.32. The number of amides is 2. The molecule has 0 aliphatic carbocycles. The van der Waals surface area contributed by atoms with Gasteiger partial charge in [0, 0.05) is 20.1 Å². The van der Waals surface area contributed by atoms with E-state index in [2.05, 4.69) is 29.8 Å². The number of nitrogens with one attached hydrogen (secondary N) is 3. The molecular formula is C15H31N3O3. The lowest BCUT2D eigenvalue weighted by Crippen LogP contribution is -2.45. The highest BCUT2D eigenvalue weighted by atomic mass is 16.6. The first kappa shape index (κ1) is 19.7. The molecule has 0 spiro atoms. The van der Waals surface area contributed by atoms with E-state index in [0.29, 0.717) is 19.0 Å². The topological polar surface area (TPSA) is 79.5 Å². The van der Waals surface area contributed by atoms with Crippen LogP contribution in [0.5, 0.6) is 0 Å². The van der Waals surface area contributed by atoms with E-state index < -0.39 is 11.7 Å². The smallest absolute Gasteiger partial charge is 0.407 e. The Balaban J connectivity index is 4.26. The second kappa shape index (κ2) is 8.87. The van der Waals surface area contributed by atoms with E-state index in [1.807, 2.05) is 27.7 Å². The van der Waals surface area contributed by atoms with E-state index in [0.717, 1.165) is 0 Å². The van der Waals surface area contributed by atoms with Gasteiger partial charge >= 0.3 is 6.09 Å². The molecule has 0 bridgehead atoms. The number of hydrogen-bond acceptors (Lipinski definition) is 4. The summed E-state index contributed by atoms with van der Waals surface area (Å²) in [4.78, 5) is 23.1. The number of hydrogen-bond donors (Lipinski definition) is 3. The standard InChI is InChI=1S/C15H31N3O3/c1-10(2)12(8-17-11(3)13(19)16-7)9-18-14(20)21-15(4,5)6/h10-12,17H,8-9H2,1-7H3,(H,16,19)(H,18,20). The number of likely N-dealkylation sites (N-methyl/N-ethyl adjacent to an activating group) is 1. The van der Waals surface area contributed by atoms with Crippen LogP contribution in [0.4, 0.5) is 4.79 Å². The molecule has 0 aliphatic rings. The molecule has 0 saturated carbocycles. The first-order valence-corrected chi connectivity index (χ1v) is 7.48. The molecule has 124 valence electrons. The van der Waals surface area contributed by atoms with Crippen molar-refractivity contribution in [2.75, 3.05) is 20.1 Å². The van der Waals surface area contributed by atoms with Gasteiger partial charge in [-0.1, -0.05) is 13.8 Å². The highest BCUT2D eigenvalue weighted by Crippen LogP contribution is 2.10. The van der Waals surface area contributed by atoms with Gasteiger partial charge in [-0.2, -0.15) is 0 Å². The molecule has 2 atom stereocenters. The highest BCUT2D eigenvalue weighted by molar-refractivity contribution is 5.80. The average Bonchev–Trinajstić information content (AvgIpc) is 2.34. The number of carbonyl (C=O) groups is 2. The summed E-state index contributed by atoms with van der Waals surface area (Å²) in [5.41, 5.74) is -0.497. The molecule has 2 amide bonds. The van der Waals surface area contributed by atoms with E-state index in [4.69, 9.17) is 4.74 Å². The van der Waals surface area contributed by atoms with Crippen molar-refractivity contribution in [2.45, 2.75) is 53.2 Å². The number of carbonyl (C=O) groups excluding carboxylic acids is 2. The van der Waals surface area contributed by atoms with Crippen LogP contribution in [0.25, 0.3) is 0 Å². The van der Waals surface area contributed by atoms with Gasteiger partial charge in [-0.3, -0.25) is 4.79 Å². The van der Waals surface area contributed by atoms with Crippen LogP contribution in [0, 0.1) is 11.8 Å². The van der Waals surface area contributed by atoms with Crippen LogP contribution in [-0.2, 0) is 9.53 Å². The molecule has 0 fully saturated rings. The summed E-state index contributed by atoms with van der Waals surface area (Å²) in [6.07, 6.45) is -0.410. The Morgan fingerprint density at radius 1 is 1.10 bits per heavy atom. The van der Waals surface area contributed by atoms with Crippen LogP contribution in [0.1, 0.15) is 41.5 Å². The molecule has 0 aromatic heterocycles. The second-order valence-corrected chi connectivity index (χ2v) is 6.63. The third-order valence-electron chi connectivity index (χ3n) is 3.18. The normalized spacial score (nSPS) is 14.5. The van der Waals surface area contributed by atoms with Crippen molar-refractivity contribution in [1.29, 1.82) is 0 Å². The SMILES string of the molecule is CNC(=O)C(C)NCC(CNC(=O)OC(C)(C)C)C(C)C. The van der Waals surface area contributed by atoms with Crippen molar-refractivity contribution in [1.82, 2.24) is 16.0 Å². The van der Waals surface area contributed by atoms with Crippen molar-refractivity contribution in [3.63, 3.8) is 0 Å². The average molecular weight is 301 g/mol. The first-order valence-electron chi connectivity index (χ1n) is 7.48. The lowest BCUT2D eigenvalue weighted by Gasteiger charge is -2.25. The minimum atomic E-state index is -0.497. The zero-order valence-electron chi connectivity index (χ0n) is 14.4. The molecule has 2 unspecified atom stereocenters. The fraction of sp³-hybridized carbons (Fsp3) is 0.867. The van der Waals surface area contributed by atoms with Crippen molar-refractivity contribution in [2.24, 2.45) is 11.8 Å². The van der Waals surface area contributed by atoms with E-state index >= 15 is 0 Å². The molecule has 0 radical (unpaired) electrons. The molecule has 0 aromatic rings. The van der Waals surface area contributed by atoms with Crippen molar-refractivity contribution < 1.29 is 14.3 Å². The first-order chi connectivity index (χ1) is 9.56. The quantitative estimate of drug-likeness (QED) is 0.666. The fourth-order valence-electron chi connectivity index (χ4n) is 1.71. The van der Waals surface area contributed by atoms with Gasteiger partial charge in [0.2, 0.25) is 5.91 Å². The summed E-state index contributed by atoms with van der Waals surface area (Å²) in [7, 11) is 1.62. The highest BCUT2D eigenvalue weighted by Gasteiger charge is 2.20. The van der Waals surface area contributed by atoms with Crippen LogP contribution >= 0.6 is 0 Å². The molecule has 0 aromatic carbocycles. The lowest BCUT2D eigenvalue weighted by molar-refractivity contribution is -0.122. The predicted octanol–water partition coefficient (Wildman–Crippen LogP) is 1.51. The van der Waals surface area contributed by atoms with Crippen LogP contribution in [0.3, 0.4) is 0 Å². The number of ether oxygens (including phenoxy) is 1. The largest absolute Gasteiger partial charge is 0.444 e. The zero-order chi connectivity index (χ0) is 16.6. The van der Waals surface area contributed by atoms with Gasteiger partial charge in [-0.25, -0.2) is 4.79 Å². The van der Waals surface area contributed by atoms with Gasteiger partial charge in [0.05, 0.1) is 6.04 Å². The van der Waals surface area contributed by atoms with Gasteiger partial charge in [-0.15, -0.1) is 0 Å². The summed E-state index contributed by atoms with van der Waals surface area (Å²) in [6, 6.07) is -0.252. The van der Waals surface area contributed by atoms with Gasteiger partial charge < -0.3 is 20.7 Å². The maximum atomic E-state index is 11.7. The van der Waals surface area contributed by atoms with Gasteiger partial charge in [0.15, 0.2) is 0 Å². The van der Waals surface area contributed by atoms with Gasteiger partial charge in [0.25, 0.3) is 0 Å². The molecule has 21 heavy (non-hydrogen) atoms. The molecule has 6 nitrogen and oxygen atoms in total. The third-order valence-corrected chi connectivity index (χ3v) is 3.18. The summed E-state index contributed by atoms with van der Waals surface area (Å²) >= 11 is 0. The summed E-state index contributed by atoms with van der Waals surface area (Å²) in [5, 5.41) is 8.57. The van der Waals surface area contributed by atoms with Crippen LogP contribution in [0.2, 0.25) is 0 Å². The lowest BCUT2D eigenvalue weighted by atomic mass is 9.95. The minimum Gasteiger partial charge on any atom is -0.444 e. The van der Waals surface area contributed by atoms with Gasteiger partial charge in [0.1, 0.15) is 5.60 Å².